The minimum Gasteiger partial charge on any atom is -0.311 e. The van der Waals surface area contributed by atoms with Crippen LogP contribution < -0.4 is 4.90 Å². The Bertz CT molecular complexity index is 952. The minimum absolute atomic E-state index is 0.129. The van der Waals surface area contributed by atoms with Crippen LogP contribution in [-0.2, 0) is 0 Å². The van der Waals surface area contributed by atoms with Gasteiger partial charge in [0.05, 0.1) is 0 Å². The van der Waals surface area contributed by atoms with Gasteiger partial charge in [-0.1, -0.05) is 75.7 Å². The average molecular weight is 410 g/mol. The summed E-state index contributed by atoms with van der Waals surface area (Å²) >= 11 is 0. The van der Waals surface area contributed by atoms with Crippen molar-refractivity contribution in [3.63, 3.8) is 0 Å². The van der Waals surface area contributed by atoms with Gasteiger partial charge in [-0.05, 0) is 73.6 Å². The van der Waals surface area contributed by atoms with Crippen molar-refractivity contribution in [3.8, 4) is 12.3 Å². The number of rotatable bonds is 8. The molecular formula is C30H35N. The van der Waals surface area contributed by atoms with Gasteiger partial charge in [-0.15, -0.1) is 12.3 Å². The van der Waals surface area contributed by atoms with Gasteiger partial charge in [-0.2, -0.15) is 0 Å². The highest BCUT2D eigenvalue weighted by Gasteiger charge is 2.33. The van der Waals surface area contributed by atoms with E-state index in [4.69, 9.17) is 6.42 Å². The van der Waals surface area contributed by atoms with Gasteiger partial charge < -0.3 is 4.90 Å². The van der Waals surface area contributed by atoms with Crippen molar-refractivity contribution >= 4 is 17.1 Å². The lowest BCUT2D eigenvalue weighted by molar-refractivity contribution is 0.222. The highest BCUT2D eigenvalue weighted by Crippen LogP contribution is 2.46. The van der Waals surface area contributed by atoms with Crippen LogP contribution in [0.1, 0.15) is 58.9 Å². The van der Waals surface area contributed by atoms with Crippen molar-refractivity contribution < 1.29 is 0 Å². The molecule has 160 valence electrons. The van der Waals surface area contributed by atoms with Crippen molar-refractivity contribution in [2.45, 2.75) is 53.4 Å². The lowest BCUT2D eigenvalue weighted by Gasteiger charge is -2.38. The molecule has 0 radical (unpaired) electrons. The summed E-state index contributed by atoms with van der Waals surface area (Å²) in [7, 11) is 0. The molecule has 0 heterocycles. The maximum absolute atomic E-state index is 5.85. The molecule has 1 nitrogen and oxygen atoms in total. The standard InChI is InChI=1S/C30H35N/c1-7-29(3,4)23-28(30(5,6)8-2)24-19-21-27(22-20-24)31(25-15-11-9-12-16-25)26-17-13-10-14-18-26/h1,9-22,28H,8,23H2,2-6H3. The van der Waals surface area contributed by atoms with Crippen LogP contribution in [0, 0.1) is 23.2 Å². The number of terminal acetylenes is 1. The van der Waals surface area contributed by atoms with Gasteiger partial charge in [0.2, 0.25) is 0 Å². The van der Waals surface area contributed by atoms with Crippen molar-refractivity contribution in [1.82, 2.24) is 0 Å². The predicted molar refractivity (Wildman–Crippen MR) is 135 cm³/mol. The van der Waals surface area contributed by atoms with Crippen molar-refractivity contribution in [2.75, 3.05) is 4.90 Å². The second-order valence-electron chi connectivity index (χ2n) is 9.73. The summed E-state index contributed by atoms with van der Waals surface area (Å²) in [6, 6.07) is 30.1. The number of anilines is 3. The maximum Gasteiger partial charge on any atom is 0.0461 e. The lowest BCUT2D eigenvalue weighted by Crippen LogP contribution is -2.26. The Balaban J connectivity index is 2.01. The molecule has 3 rings (SSSR count). The Morgan fingerprint density at radius 1 is 0.742 bits per heavy atom. The molecule has 1 atom stereocenters. The summed E-state index contributed by atoms with van der Waals surface area (Å²) in [5.41, 5.74) is 4.87. The molecule has 31 heavy (non-hydrogen) atoms. The summed E-state index contributed by atoms with van der Waals surface area (Å²) in [6.45, 7) is 11.3. The second-order valence-corrected chi connectivity index (χ2v) is 9.73. The molecule has 0 aliphatic heterocycles. The first-order chi connectivity index (χ1) is 14.8. The van der Waals surface area contributed by atoms with Crippen molar-refractivity contribution in [1.29, 1.82) is 0 Å². The zero-order chi connectivity index (χ0) is 22.5. The fourth-order valence-electron chi connectivity index (χ4n) is 4.12. The van der Waals surface area contributed by atoms with E-state index in [0.717, 1.165) is 29.9 Å². The van der Waals surface area contributed by atoms with Crippen LogP contribution in [0.5, 0.6) is 0 Å². The fourth-order valence-corrected chi connectivity index (χ4v) is 4.12. The molecule has 0 saturated heterocycles. The molecule has 0 amide bonds. The van der Waals surface area contributed by atoms with E-state index in [1.807, 2.05) is 0 Å². The van der Waals surface area contributed by atoms with Gasteiger partial charge in [0.15, 0.2) is 0 Å². The quantitative estimate of drug-likeness (QED) is 0.336. The predicted octanol–water partition coefficient (Wildman–Crippen LogP) is 8.73. The summed E-state index contributed by atoms with van der Waals surface area (Å²) in [5, 5.41) is 0. The van der Waals surface area contributed by atoms with Crippen LogP contribution in [0.3, 0.4) is 0 Å². The highest BCUT2D eigenvalue weighted by molar-refractivity contribution is 5.76. The zero-order valence-electron chi connectivity index (χ0n) is 19.6. The molecule has 0 N–H and O–H groups in total. The van der Waals surface area contributed by atoms with E-state index in [0.29, 0.717) is 5.92 Å². The Hall–Kier alpha value is -2.98. The fraction of sp³-hybridized carbons (Fsp3) is 0.333. The van der Waals surface area contributed by atoms with E-state index >= 15 is 0 Å². The van der Waals surface area contributed by atoms with Crippen LogP contribution in [0.2, 0.25) is 0 Å². The molecule has 3 aromatic carbocycles. The second kappa shape index (κ2) is 9.44. The van der Waals surface area contributed by atoms with Crippen molar-refractivity contribution in [2.24, 2.45) is 10.8 Å². The molecule has 0 aromatic heterocycles. The highest BCUT2D eigenvalue weighted by atomic mass is 15.1. The van der Waals surface area contributed by atoms with E-state index in [2.05, 4.69) is 130 Å². The Labute approximate surface area is 189 Å². The topological polar surface area (TPSA) is 3.24 Å². The lowest BCUT2D eigenvalue weighted by atomic mass is 9.67. The summed E-state index contributed by atoms with van der Waals surface area (Å²) in [5.74, 6) is 3.40. The van der Waals surface area contributed by atoms with Crippen molar-refractivity contribution in [3.05, 3.63) is 90.5 Å². The summed E-state index contributed by atoms with van der Waals surface area (Å²) < 4.78 is 0. The van der Waals surface area contributed by atoms with E-state index in [1.165, 1.54) is 5.56 Å². The first kappa shape index (κ1) is 22.7. The van der Waals surface area contributed by atoms with Gasteiger partial charge in [0.25, 0.3) is 0 Å². The molecule has 0 saturated carbocycles. The number of benzene rings is 3. The van der Waals surface area contributed by atoms with Crippen LogP contribution in [0.25, 0.3) is 0 Å². The minimum atomic E-state index is -0.129. The smallest absolute Gasteiger partial charge is 0.0461 e. The van der Waals surface area contributed by atoms with E-state index in [1.54, 1.807) is 0 Å². The van der Waals surface area contributed by atoms with Crippen LogP contribution in [0.4, 0.5) is 17.1 Å². The molecular weight excluding hydrogens is 374 g/mol. The maximum atomic E-state index is 5.85. The third kappa shape index (κ3) is 5.39. The number of hydrogen-bond donors (Lipinski definition) is 0. The number of para-hydroxylation sites is 2. The Morgan fingerprint density at radius 3 is 1.61 bits per heavy atom. The molecule has 0 aliphatic carbocycles. The van der Waals surface area contributed by atoms with Gasteiger partial charge >= 0.3 is 0 Å². The molecule has 0 aliphatic rings. The SMILES string of the molecule is C#CC(C)(C)CC(c1ccc(N(c2ccccc2)c2ccccc2)cc1)C(C)(C)CC. The van der Waals surface area contributed by atoms with Gasteiger partial charge in [-0.25, -0.2) is 0 Å². The molecule has 0 fully saturated rings. The Kier molecular flexibility index (Phi) is 6.91. The Morgan fingerprint density at radius 2 is 1.19 bits per heavy atom. The first-order valence-corrected chi connectivity index (χ1v) is 11.3. The van der Waals surface area contributed by atoms with Gasteiger partial charge in [0.1, 0.15) is 0 Å². The largest absolute Gasteiger partial charge is 0.311 e. The molecule has 1 heteroatoms. The number of hydrogen-bond acceptors (Lipinski definition) is 1. The van der Waals surface area contributed by atoms with Crippen LogP contribution in [0.15, 0.2) is 84.9 Å². The normalized spacial score (nSPS) is 12.8. The summed E-state index contributed by atoms with van der Waals surface area (Å²) in [4.78, 5) is 2.30. The van der Waals surface area contributed by atoms with E-state index < -0.39 is 0 Å². The monoisotopic (exact) mass is 409 g/mol. The zero-order valence-corrected chi connectivity index (χ0v) is 19.6. The van der Waals surface area contributed by atoms with Gasteiger partial charge in [-0.3, -0.25) is 0 Å². The average Bonchev–Trinajstić information content (AvgIpc) is 2.80. The third-order valence-electron chi connectivity index (χ3n) is 6.54. The summed E-state index contributed by atoms with van der Waals surface area (Å²) in [6.07, 6.45) is 7.94. The molecule has 1 unspecified atom stereocenters. The van der Waals surface area contributed by atoms with Crippen LogP contribution >= 0.6 is 0 Å². The van der Waals surface area contributed by atoms with Crippen LogP contribution in [-0.4, -0.2) is 0 Å². The van der Waals surface area contributed by atoms with E-state index in [-0.39, 0.29) is 10.8 Å². The molecule has 3 aromatic rings. The first-order valence-electron chi connectivity index (χ1n) is 11.3. The van der Waals surface area contributed by atoms with Gasteiger partial charge in [0, 0.05) is 22.5 Å². The van der Waals surface area contributed by atoms with E-state index in [9.17, 15) is 0 Å². The third-order valence-corrected chi connectivity index (χ3v) is 6.54. The molecule has 0 spiro atoms. The molecule has 0 bridgehead atoms. The number of nitrogens with zero attached hydrogens (tertiary/aromatic N) is 1.